The lowest BCUT2D eigenvalue weighted by molar-refractivity contribution is 0.0934. The van der Waals surface area contributed by atoms with Gasteiger partial charge < -0.3 is 10.6 Å². The van der Waals surface area contributed by atoms with Crippen molar-refractivity contribution in [2.45, 2.75) is 38.8 Å². The second-order valence-electron chi connectivity index (χ2n) is 5.66. The Balaban J connectivity index is 0.00000192. The van der Waals surface area contributed by atoms with Crippen molar-refractivity contribution in [1.82, 2.24) is 25.6 Å². The molecular formula is C15H22ClN5OS. The lowest BCUT2D eigenvalue weighted by Gasteiger charge is -2.23. The molecule has 6 nitrogen and oxygen atoms in total. The topological polar surface area (TPSA) is 71.8 Å². The van der Waals surface area contributed by atoms with Crippen molar-refractivity contribution in [2.24, 2.45) is 0 Å². The van der Waals surface area contributed by atoms with E-state index in [1.165, 1.54) is 0 Å². The van der Waals surface area contributed by atoms with Gasteiger partial charge in [-0.3, -0.25) is 4.79 Å². The molecule has 0 saturated carbocycles. The highest BCUT2D eigenvalue weighted by Gasteiger charge is 2.23. The van der Waals surface area contributed by atoms with Crippen LogP contribution in [-0.4, -0.2) is 34.0 Å². The number of hydrogen-bond donors (Lipinski definition) is 2. The third-order valence-corrected chi connectivity index (χ3v) is 5.17. The van der Waals surface area contributed by atoms with Gasteiger partial charge in [-0.25, -0.2) is 4.68 Å². The quantitative estimate of drug-likeness (QED) is 0.883. The third-order valence-electron chi connectivity index (χ3n) is 4.11. The number of amides is 1. The molecule has 1 atom stereocenters. The fourth-order valence-corrected chi connectivity index (χ4v) is 3.56. The minimum absolute atomic E-state index is 0. The molecule has 126 valence electrons. The standard InChI is InChI=1S/C15H21N5OS.ClH/c1-10(13-4-3-9-22-13)17-15(21)14-11(2)20(19-18-14)12-5-7-16-8-6-12;/h3-4,9-10,12,16H,5-8H2,1-2H3,(H,17,21);1H. The highest BCUT2D eigenvalue weighted by atomic mass is 35.5. The molecule has 2 N–H and O–H groups in total. The van der Waals surface area contributed by atoms with Crippen molar-refractivity contribution in [3.63, 3.8) is 0 Å². The lowest BCUT2D eigenvalue weighted by Crippen LogP contribution is -2.30. The Hall–Kier alpha value is -1.44. The zero-order chi connectivity index (χ0) is 15.5. The smallest absolute Gasteiger partial charge is 0.274 e. The maximum atomic E-state index is 12.4. The van der Waals surface area contributed by atoms with Crippen LogP contribution in [0.3, 0.4) is 0 Å². The van der Waals surface area contributed by atoms with E-state index in [1.54, 1.807) is 11.3 Å². The number of carbonyl (C=O) groups is 1. The first kappa shape index (κ1) is 17.9. The van der Waals surface area contributed by atoms with Crippen molar-refractivity contribution in [1.29, 1.82) is 0 Å². The molecule has 1 aliphatic rings. The van der Waals surface area contributed by atoms with Gasteiger partial charge in [0, 0.05) is 4.88 Å². The maximum absolute atomic E-state index is 12.4. The summed E-state index contributed by atoms with van der Waals surface area (Å²) in [5, 5.41) is 16.7. The lowest BCUT2D eigenvalue weighted by atomic mass is 10.1. The second kappa shape index (κ2) is 7.90. The number of thiophene rings is 1. The normalized spacial score (nSPS) is 16.6. The Morgan fingerprint density at radius 1 is 1.48 bits per heavy atom. The number of hydrogen-bond acceptors (Lipinski definition) is 5. The summed E-state index contributed by atoms with van der Waals surface area (Å²) < 4.78 is 1.91. The first-order valence-electron chi connectivity index (χ1n) is 7.63. The van der Waals surface area contributed by atoms with Crippen LogP contribution >= 0.6 is 23.7 Å². The van der Waals surface area contributed by atoms with E-state index < -0.39 is 0 Å². The first-order chi connectivity index (χ1) is 10.7. The summed E-state index contributed by atoms with van der Waals surface area (Å²) >= 11 is 1.64. The fraction of sp³-hybridized carbons (Fsp3) is 0.533. The van der Waals surface area contributed by atoms with Crippen LogP contribution in [0.5, 0.6) is 0 Å². The predicted octanol–water partition coefficient (Wildman–Crippen LogP) is 2.49. The highest BCUT2D eigenvalue weighted by Crippen LogP contribution is 2.21. The predicted molar refractivity (Wildman–Crippen MR) is 93.3 cm³/mol. The van der Waals surface area contributed by atoms with Gasteiger partial charge in [0.1, 0.15) is 0 Å². The first-order valence-corrected chi connectivity index (χ1v) is 8.51. The Labute approximate surface area is 146 Å². The molecule has 0 bridgehead atoms. The average Bonchev–Trinajstić information content (AvgIpc) is 3.17. The minimum Gasteiger partial charge on any atom is -0.343 e. The zero-order valence-corrected chi connectivity index (χ0v) is 14.9. The number of halogens is 1. The Morgan fingerprint density at radius 3 is 2.87 bits per heavy atom. The van der Waals surface area contributed by atoms with Crippen molar-refractivity contribution in [3.05, 3.63) is 33.8 Å². The van der Waals surface area contributed by atoms with Gasteiger partial charge in [-0.1, -0.05) is 11.3 Å². The number of piperidine rings is 1. The summed E-state index contributed by atoms with van der Waals surface area (Å²) in [6, 6.07) is 4.33. The van der Waals surface area contributed by atoms with E-state index in [4.69, 9.17) is 0 Å². The summed E-state index contributed by atoms with van der Waals surface area (Å²) in [6.07, 6.45) is 2.05. The molecule has 0 aliphatic carbocycles. The number of nitrogens with zero attached hydrogens (tertiary/aromatic N) is 3. The maximum Gasteiger partial charge on any atom is 0.274 e. The molecule has 8 heteroatoms. The van der Waals surface area contributed by atoms with Gasteiger partial charge in [0.05, 0.1) is 17.8 Å². The molecule has 2 aromatic rings. The fourth-order valence-electron chi connectivity index (χ4n) is 2.82. The number of carbonyl (C=O) groups excluding carboxylic acids is 1. The zero-order valence-electron chi connectivity index (χ0n) is 13.3. The molecule has 1 unspecified atom stereocenters. The van der Waals surface area contributed by atoms with Gasteiger partial charge >= 0.3 is 0 Å². The molecule has 2 aromatic heterocycles. The van der Waals surface area contributed by atoms with Crippen LogP contribution in [0.2, 0.25) is 0 Å². The largest absolute Gasteiger partial charge is 0.343 e. The molecule has 1 amide bonds. The average molecular weight is 356 g/mol. The molecule has 0 radical (unpaired) electrons. The molecule has 0 spiro atoms. The summed E-state index contributed by atoms with van der Waals surface area (Å²) in [7, 11) is 0. The van der Waals surface area contributed by atoms with E-state index in [2.05, 4.69) is 20.9 Å². The van der Waals surface area contributed by atoms with Crippen LogP contribution < -0.4 is 10.6 Å². The number of rotatable bonds is 4. The van der Waals surface area contributed by atoms with Crippen molar-refractivity contribution in [2.75, 3.05) is 13.1 Å². The summed E-state index contributed by atoms with van der Waals surface area (Å²) in [6.45, 7) is 5.88. The molecule has 1 fully saturated rings. The monoisotopic (exact) mass is 355 g/mol. The van der Waals surface area contributed by atoms with Gasteiger partial charge in [-0.15, -0.1) is 28.8 Å². The van der Waals surface area contributed by atoms with E-state index in [0.29, 0.717) is 11.7 Å². The molecule has 3 heterocycles. The number of aromatic nitrogens is 3. The van der Waals surface area contributed by atoms with Gasteiger partial charge in [0.2, 0.25) is 0 Å². The van der Waals surface area contributed by atoms with Gasteiger partial charge in [0.25, 0.3) is 5.91 Å². The Kier molecular flexibility index (Phi) is 6.15. The third kappa shape index (κ3) is 3.91. The van der Waals surface area contributed by atoms with E-state index in [9.17, 15) is 4.79 Å². The van der Waals surface area contributed by atoms with Crippen LogP contribution in [0.25, 0.3) is 0 Å². The molecule has 3 rings (SSSR count). The SMILES string of the molecule is Cc1c(C(=O)NC(C)c2cccs2)nnn1C1CCNCC1.Cl. The molecule has 1 aliphatic heterocycles. The number of nitrogens with one attached hydrogen (secondary N) is 2. The Bertz CT molecular complexity index is 636. The highest BCUT2D eigenvalue weighted by molar-refractivity contribution is 7.10. The summed E-state index contributed by atoms with van der Waals surface area (Å²) in [5.74, 6) is -0.154. The van der Waals surface area contributed by atoms with Crippen molar-refractivity contribution in [3.8, 4) is 0 Å². The van der Waals surface area contributed by atoms with E-state index in [0.717, 1.165) is 36.5 Å². The van der Waals surface area contributed by atoms with Crippen LogP contribution in [0.15, 0.2) is 17.5 Å². The molecular weight excluding hydrogens is 334 g/mol. The summed E-state index contributed by atoms with van der Waals surface area (Å²) in [5.41, 5.74) is 1.28. The van der Waals surface area contributed by atoms with Gasteiger partial charge in [-0.2, -0.15) is 0 Å². The second-order valence-corrected chi connectivity index (χ2v) is 6.64. The van der Waals surface area contributed by atoms with Crippen molar-refractivity contribution < 1.29 is 4.79 Å². The van der Waals surface area contributed by atoms with Crippen LogP contribution in [0, 0.1) is 6.92 Å². The molecule has 0 aromatic carbocycles. The molecule has 23 heavy (non-hydrogen) atoms. The Morgan fingerprint density at radius 2 is 2.22 bits per heavy atom. The van der Waals surface area contributed by atoms with Crippen LogP contribution in [-0.2, 0) is 0 Å². The molecule has 1 saturated heterocycles. The van der Waals surface area contributed by atoms with E-state index in [1.807, 2.05) is 36.0 Å². The van der Waals surface area contributed by atoms with Crippen LogP contribution in [0.4, 0.5) is 0 Å². The van der Waals surface area contributed by atoms with E-state index in [-0.39, 0.29) is 24.4 Å². The van der Waals surface area contributed by atoms with Gasteiger partial charge in [-0.05, 0) is 51.2 Å². The van der Waals surface area contributed by atoms with Crippen LogP contribution in [0.1, 0.15) is 52.9 Å². The van der Waals surface area contributed by atoms with Gasteiger partial charge in [0.15, 0.2) is 5.69 Å². The minimum atomic E-state index is -0.154. The van der Waals surface area contributed by atoms with Crippen molar-refractivity contribution >= 4 is 29.7 Å². The summed E-state index contributed by atoms with van der Waals surface area (Å²) in [4.78, 5) is 13.6. The van der Waals surface area contributed by atoms with E-state index >= 15 is 0 Å².